The minimum absolute atomic E-state index is 0.0558. The van der Waals surface area contributed by atoms with Crippen LogP contribution in [-0.2, 0) is 0 Å². The van der Waals surface area contributed by atoms with Crippen LogP contribution in [0.15, 0.2) is 47.6 Å². The van der Waals surface area contributed by atoms with Crippen molar-refractivity contribution in [3.8, 4) is 5.75 Å². The van der Waals surface area contributed by atoms with E-state index in [4.69, 9.17) is 5.21 Å². The third-order valence-corrected chi connectivity index (χ3v) is 3.59. The smallest absolute Gasteiger partial charge is 0.164 e. The van der Waals surface area contributed by atoms with Crippen molar-refractivity contribution in [2.75, 3.05) is 0 Å². The summed E-state index contributed by atoms with van der Waals surface area (Å²) < 4.78 is 13.8. The first-order chi connectivity index (χ1) is 10.6. The van der Waals surface area contributed by atoms with E-state index < -0.39 is 5.23 Å². The zero-order chi connectivity index (χ0) is 15.7. The lowest BCUT2D eigenvalue weighted by Crippen LogP contribution is -2.99. The van der Waals surface area contributed by atoms with E-state index in [2.05, 4.69) is 10.5 Å². The predicted octanol–water partition coefficient (Wildman–Crippen LogP) is 1.37. The van der Waals surface area contributed by atoms with Crippen LogP contribution in [0.3, 0.4) is 0 Å². The van der Waals surface area contributed by atoms with E-state index in [9.17, 15) is 14.7 Å². The average molecular weight is 303 g/mol. The van der Waals surface area contributed by atoms with Crippen LogP contribution >= 0.6 is 0 Å². The molecule has 3 rings (SSSR count). The second kappa shape index (κ2) is 5.72. The Hall–Kier alpha value is -2.48. The highest BCUT2D eigenvalue weighted by atomic mass is 19.1. The van der Waals surface area contributed by atoms with Crippen molar-refractivity contribution in [2.24, 2.45) is 5.10 Å². The van der Waals surface area contributed by atoms with Gasteiger partial charge in [-0.1, -0.05) is 18.2 Å². The van der Waals surface area contributed by atoms with Gasteiger partial charge in [-0.3, -0.25) is 0 Å². The number of phenols is 1. The van der Waals surface area contributed by atoms with Gasteiger partial charge in [0.15, 0.2) is 5.69 Å². The van der Waals surface area contributed by atoms with Gasteiger partial charge in [0.1, 0.15) is 11.6 Å². The molecule has 0 fully saturated rings. The lowest BCUT2D eigenvalue weighted by molar-refractivity contribution is -0.991. The van der Waals surface area contributed by atoms with Gasteiger partial charge in [0.05, 0.1) is 11.8 Å². The number of nitrogens with zero attached hydrogens (tertiary/aromatic N) is 1. The van der Waals surface area contributed by atoms with Crippen LogP contribution in [0, 0.1) is 11.0 Å². The average Bonchev–Trinajstić information content (AvgIpc) is 2.97. The van der Waals surface area contributed by atoms with Gasteiger partial charge in [-0.2, -0.15) is 10.3 Å². The second-order valence-corrected chi connectivity index (χ2v) is 5.00. The molecule has 1 aliphatic rings. The molecule has 1 heterocycles. The molecule has 22 heavy (non-hydrogen) atoms. The van der Waals surface area contributed by atoms with E-state index in [1.165, 1.54) is 24.3 Å². The normalized spacial score (nSPS) is 18.7. The SMILES string of the molecule is [O-][NH+](O)c1ccc(O)c(C2=NN[C@H](c3ccccc3F)C2)c1. The predicted molar refractivity (Wildman–Crippen MR) is 77.3 cm³/mol. The maximum Gasteiger partial charge on any atom is 0.164 e. The van der Waals surface area contributed by atoms with Crippen molar-refractivity contribution in [1.82, 2.24) is 5.43 Å². The molecule has 0 aliphatic carbocycles. The van der Waals surface area contributed by atoms with Crippen molar-refractivity contribution in [1.29, 1.82) is 0 Å². The molecule has 2 aromatic carbocycles. The molecule has 0 saturated heterocycles. The van der Waals surface area contributed by atoms with E-state index in [1.54, 1.807) is 18.2 Å². The number of hydrogen-bond acceptors (Lipinski definition) is 5. The molecule has 4 N–H and O–H groups in total. The summed E-state index contributed by atoms with van der Waals surface area (Å²) >= 11 is 0. The molecule has 2 aromatic rings. The highest BCUT2D eigenvalue weighted by Gasteiger charge is 2.25. The molecular weight excluding hydrogens is 289 g/mol. The van der Waals surface area contributed by atoms with Gasteiger partial charge in [-0.05, 0) is 12.1 Å². The number of aromatic hydroxyl groups is 1. The number of hydrazone groups is 1. The topological polar surface area (TPSA) is 92.4 Å². The van der Waals surface area contributed by atoms with Crippen LogP contribution in [0.2, 0.25) is 0 Å². The van der Waals surface area contributed by atoms with Gasteiger partial charge in [0.25, 0.3) is 0 Å². The number of benzene rings is 2. The molecule has 0 saturated carbocycles. The highest BCUT2D eigenvalue weighted by Crippen LogP contribution is 2.30. The number of hydrogen-bond donors (Lipinski definition) is 4. The molecule has 0 amide bonds. The zero-order valence-corrected chi connectivity index (χ0v) is 11.5. The van der Waals surface area contributed by atoms with Crippen molar-refractivity contribution in [3.05, 3.63) is 64.6 Å². The monoisotopic (exact) mass is 303 g/mol. The van der Waals surface area contributed by atoms with Crippen molar-refractivity contribution in [3.63, 3.8) is 0 Å². The third kappa shape index (κ3) is 2.64. The molecule has 1 unspecified atom stereocenters. The molecule has 2 atom stereocenters. The standard InChI is InChI=1S/C15H14FN3O3/c16-12-4-2-1-3-10(12)13-8-14(18-17-13)11-7-9(19(21)22)5-6-15(11)20/h1-7,13,17,19-21H,8H2/t13-/m0/s1. The minimum atomic E-state index is -1.08. The first-order valence-corrected chi connectivity index (χ1v) is 6.69. The van der Waals surface area contributed by atoms with E-state index in [0.717, 1.165) is 0 Å². The van der Waals surface area contributed by atoms with Crippen molar-refractivity contribution < 1.29 is 19.9 Å². The summed E-state index contributed by atoms with van der Waals surface area (Å²) in [4.78, 5) is 0. The Morgan fingerprint density at radius 2 is 2.05 bits per heavy atom. The fourth-order valence-electron chi connectivity index (χ4n) is 2.45. The maximum atomic E-state index is 13.8. The highest BCUT2D eigenvalue weighted by molar-refractivity contribution is 6.04. The zero-order valence-electron chi connectivity index (χ0n) is 11.5. The molecule has 0 radical (unpaired) electrons. The molecule has 114 valence electrons. The molecule has 7 heteroatoms. The van der Waals surface area contributed by atoms with Crippen molar-refractivity contribution >= 4 is 11.4 Å². The van der Waals surface area contributed by atoms with Gasteiger partial charge >= 0.3 is 0 Å². The number of rotatable bonds is 3. The first kappa shape index (κ1) is 14.5. The Balaban J connectivity index is 1.87. The van der Waals surface area contributed by atoms with Gasteiger partial charge in [-0.15, -0.1) is 0 Å². The number of nitrogens with one attached hydrogen (secondary N) is 2. The molecule has 0 spiro atoms. The van der Waals surface area contributed by atoms with E-state index in [1.807, 2.05) is 0 Å². The Labute approximate surface area is 125 Å². The Bertz CT molecular complexity index is 734. The Kier molecular flexibility index (Phi) is 3.76. The van der Waals surface area contributed by atoms with Crippen molar-refractivity contribution in [2.45, 2.75) is 12.5 Å². The van der Waals surface area contributed by atoms with Gasteiger partial charge in [-0.25, -0.2) is 9.60 Å². The summed E-state index contributed by atoms with van der Waals surface area (Å²) in [5.41, 5.74) is 4.20. The van der Waals surface area contributed by atoms with Gasteiger partial charge in [0, 0.05) is 29.7 Å². The van der Waals surface area contributed by atoms with E-state index >= 15 is 0 Å². The molecular formula is C15H14FN3O3. The number of halogens is 1. The van der Waals surface area contributed by atoms with E-state index in [-0.39, 0.29) is 23.3 Å². The molecule has 6 nitrogen and oxygen atoms in total. The fourth-order valence-corrected chi connectivity index (χ4v) is 2.45. The largest absolute Gasteiger partial charge is 0.595 e. The summed E-state index contributed by atoms with van der Waals surface area (Å²) in [6.45, 7) is 0. The maximum absolute atomic E-state index is 13.8. The first-order valence-electron chi connectivity index (χ1n) is 6.69. The minimum Gasteiger partial charge on any atom is -0.595 e. The summed E-state index contributed by atoms with van der Waals surface area (Å²) in [5, 5.41) is 33.0. The number of quaternary nitrogens is 1. The third-order valence-electron chi connectivity index (χ3n) is 3.59. The summed E-state index contributed by atoms with van der Waals surface area (Å²) in [5.74, 6) is -0.389. The van der Waals surface area contributed by atoms with Crippen LogP contribution in [0.4, 0.5) is 10.1 Å². The lowest BCUT2D eigenvalue weighted by Gasteiger charge is -2.13. The van der Waals surface area contributed by atoms with Crippen LogP contribution in [0.5, 0.6) is 5.75 Å². The van der Waals surface area contributed by atoms with Gasteiger partial charge in [0.2, 0.25) is 0 Å². The summed E-state index contributed by atoms with van der Waals surface area (Å²) in [7, 11) is 0. The van der Waals surface area contributed by atoms with E-state index in [0.29, 0.717) is 23.3 Å². The van der Waals surface area contributed by atoms with Crippen LogP contribution < -0.4 is 10.7 Å². The Morgan fingerprint density at radius 1 is 1.27 bits per heavy atom. The number of phenolic OH excluding ortho intramolecular Hbond substituents is 1. The van der Waals surface area contributed by atoms with Gasteiger partial charge < -0.3 is 15.7 Å². The quantitative estimate of drug-likeness (QED) is 0.509. The lowest BCUT2D eigenvalue weighted by atomic mass is 9.98. The molecule has 0 aromatic heterocycles. The van der Waals surface area contributed by atoms with Crippen LogP contribution in [0.1, 0.15) is 23.6 Å². The Morgan fingerprint density at radius 3 is 2.77 bits per heavy atom. The fraction of sp³-hybridized carbons (Fsp3) is 0.133. The second-order valence-electron chi connectivity index (χ2n) is 5.00. The summed E-state index contributed by atoms with van der Waals surface area (Å²) in [6.07, 6.45) is 0.359. The van der Waals surface area contributed by atoms with Crippen LogP contribution in [-0.4, -0.2) is 16.0 Å². The summed E-state index contributed by atoms with van der Waals surface area (Å²) in [6, 6.07) is 10.0. The molecule has 0 bridgehead atoms. The molecule has 1 aliphatic heterocycles. The van der Waals surface area contributed by atoms with Crippen LogP contribution in [0.25, 0.3) is 0 Å².